The summed E-state index contributed by atoms with van der Waals surface area (Å²) >= 11 is 0. The summed E-state index contributed by atoms with van der Waals surface area (Å²) < 4.78 is 73.8. The Balaban J connectivity index is 2.02. The van der Waals surface area contributed by atoms with E-state index in [1.165, 1.54) is 36.4 Å². The highest BCUT2D eigenvalue weighted by molar-refractivity contribution is 7.87. The normalized spacial score (nSPS) is 12.8. The van der Waals surface area contributed by atoms with Crippen LogP contribution in [0, 0.1) is 5.41 Å². The molecule has 0 amide bonds. The minimum absolute atomic E-state index is 0.0620. The monoisotopic (exact) mass is 448 g/mol. The van der Waals surface area contributed by atoms with Gasteiger partial charge in [-0.15, -0.1) is 0 Å². The van der Waals surface area contributed by atoms with Gasteiger partial charge in [0, 0.05) is 12.0 Å². The van der Waals surface area contributed by atoms with Gasteiger partial charge in [0.1, 0.15) is 22.6 Å². The van der Waals surface area contributed by atoms with E-state index in [4.69, 9.17) is 20.3 Å². The van der Waals surface area contributed by atoms with E-state index in [0.717, 1.165) is 6.92 Å². The molecule has 0 saturated carbocycles. The van der Waals surface area contributed by atoms with Crippen molar-refractivity contribution < 1.29 is 44.5 Å². The molecule has 2 aromatic rings. The van der Waals surface area contributed by atoms with Gasteiger partial charge in [0.15, 0.2) is 0 Å². The molecule has 0 aliphatic heterocycles. The number of nitrogens with two attached hydrogens (primary N) is 1. The number of rotatable bonds is 7. The molecule has 3 N–H and O–H groups in total. The van der Waals surface area contributed by atoms with E-state index in [-0.39, 0.29) is 23.1 Å². The first-order chi connectivity index (χ1) is 13.8. The Morgan fingerprint density at radius 3 is 2.30 bits per heavy atom. The van der Waals surface area contributed by atoms with Gasteiger partial charge in [-0.25, -0.2) is 9.59 Å². The molecule has 162 valence electrons. The van der Waals surface area contributed by atoms with Crippen molar-refractivity contribution >= 4 is 27.9 Å². The van der Waals surface area contributed by atoms with Crippen molar-refractivity contribution in [3.8, 4) is 5.75 Å². The van der Waals surface area contributed by atoms with Gasteiger partial charge in [0.25, 0.3) is 0 Å². The van der Waals surface area contributed by atoms with E-state index < -0.39 is 39.9 Å². The van der Waals surface area contributed by atoms with Crippen LogP contribution in [0.1, 0.15) is 28.8 Å². The molecule has 0 aliphatic rings. The molecule has 2 rings (SSSR count). The van der Waals surface area contributed by atoms with Gasteiger partial charge in [0.05, 0.1) is 0 Å². The molecule has 0 radical (unpaired) electrons. The van der Waals surface area contributed by atoms with Crippen molar-refractivity contribution in [2.75, 3.05) is 0 Å². The molecule has 0 bridgehead atoms. The van der Waals surface area contributed by atoms with Gasteiger partial charge in [-0.3, -0.25) is 5.41 Å². The first-order valence-corrected chi connectivity index (χ1v) is 9.56. The van der Waals surface area contributed by atoms with Gasteiger partial charge >= 0.3 is 28.2 Å². The van der Waals surface area contributed by atoms with Crippen LogP contribution in [0.15, 0.2) is 40.8 Å². The Labute approximate surface area is 168 Å². The Hall–Kier alpha value is -3.35. The number of ether oxygens (including phenoxy) is 1. The van der Waals surface area contributed by atoms with Crippen molar-refractivity contribution in [1.82, 2.24) is 0 Å². The van der Waals surface area contributed by atoms with Crippen LogP contribution in [0.5, 0.6) is 5.75 Å². The number of furan rings is 1. The Bertz CT molecular complexity index is 1060. The number of carbonyl (C=O) groups excluding carboxylic acids is 2. The van der Waals surface area contributed by atoms with Crippen LogP contribution in [0.4, 0.5) is 13.2 Å². The van der Waals surface area contributed by atoms with E-state index in [0.29, 0.717) is 5.56 Å². The lowest BCUT2D eigenvalue weighted by Crippen LogP contribution is -2.32. The van der Waals surface area contributed by atoms with Gasteiger partial charge in [-0.05, 0) is 43.3 Å². The molecule has 9 nitrogen and oxygen atoms in total. The second-order valence-electron chi connectivity index (χ2n) is 5.97. The Morgan fingerprint density at radius 1 is 1.17 bits per heavy atom. The number of alkyl halides is 3. The summed E-state index contributed by atoms with van der Waals surface area (Å²) in [5, 5.41) is 5.71. The molecule has 0 spiro atoms. The number of halogens is 3. The zero-order valence-corrected chi connectivity index (χ0v) is 16.0. The van der Waals surface area contributed by atoms with Crippen LogP contribution in [-0.4, -0.2) is 37.6 Å². The Kier molecular flexibility index (Phi) is 6.55. The number of nitrogen functional groups attached to an aromatic ring is 1. The predicted molar refractivity (Wildman–Crippen MR) is 95.4 cm³/mol. The zero-order chi connectivity index (χ0) is 22.7. The molecule has 1 aromatic heterocycles. The molecule has 1 aromatic carbocycles. The number of benzene rings is 1. The third-order valence-electron chi connectivity index (χ3n) is 3.64. The second-order valence-corrected chi connectivity index (χ2v) is 7.93. The van der Waals surface area contributed by atoms with Crippen LogP contribution in [-0.2, 0) is 25.5 Å². The molecule has 13 heteroatoms. The fraction of sp³-hybridized carbons (Fsp3) is 0.235. The number of carbonyl (C=O) groups is 2. The fourth-order valence-corrected chi connectivity index (χ4v) is 2.92. The highest BCUT2D eigenvalue weighted by Gasteiger charge is 2.44. The maximum absolute atomic E-state index is 12.2. The molecule has 1 unspecified atom stereocenters. The molecular weight excluding hydrogens is 433 g/mol. The zero-order valence-electron chi connectivity index (χ0n) is 15.2. The van der Waals surface area contributed by atoms with E-state index in [1.54, 1.807) is 0 Å². The van der Waals surface area contributed by atoms with E-state index in [1.807, 2.05) is 0 Å². The second kappa shape index (κ2) is 8.57. The average molecular weight is 448 g/mol. The maximum Gasteiger partial charge on any atom is 0.492 e. The fourth-order valence-electron chi connectivity index (χ4n) is 2.08. The van der Waals surface area contributed by atoms with Crippen molar-refractivity contribution in [2.45, 2.75) is 24.8 Å². The minimum atomic E-state index is -5.46. The van der Waals surface area contributed by atoms with E-state index in [9.17, 15) is 31.2 Å². The van der Waals surface area contributed by atoms with Gasteiger partial charge in [-0.1, -0.05) is 0 Å². The van der Waals surface area contributed by atoms with Gasteiger partial charge < -0.3 is 19.1 Å². The molecule has 1 atom stereocenters. The summed E-state index contributed by atoms with van der Waals surface area (Å²) in [5.41, 5.74) is 5.72. The molecule has 0 saturated heterocycles. The number of amidine groups is 1. The molecule has 30 heavy (non-hydrogen) atoms. The lowest BCUT2D eigenvalue weighted by Gasteiger charge is -2.12. The van der Waals surface area contributed by atoms with Crippen molar-refractivity contribution in [2.24, 2.45) is 5.73 Å². The summed E-state index contributed by atoms with van der Waals surface area (Å²) in [6.45, 7) is 1.01. The highest BCUT2D eigenvalue weighted by Crippen LogP contribution is 2.22. The molecule has 0 aliphatic carbocycles. The van der Waals surface area contributed by atoms with Crippen LogP contribution in [0.2, 0.25) is 0 Å². The third kappa shape index (κ3) is 5.83. The first kappa shape index (κ1) is 22.9. The number of hydrogen-bond acceptors (Lipinski definition) is 8. The quantitative estimate of drug-likeness (QED) is 0.215. The Morgan fingerprint density at radius 2 is 1.77 bits per heavy atom. The number of esters is 1. The first-order valence-electron chi connectivity index (χ1n) is 8.09. The number of nitrogens with one attached hydrogen (secondary N) is 1. The lowest BCUT2D eigenvalue weighted by atomic mass is 10.2. The largest absolute Gasteiger partial charge is 0.492 e. The van der Waals surface area contributed by atoms with Crippen molar-refractivity contribution in [1.29, 1.82) is 5.41 Å². The summed E-state index contributed by atoms with van der Waals surface area (Å²) in [4.78, 5) is 22.8. The van der Waals surface area contributed by atoms with Gasteiger partial charge in [-0.2, -0.15) is 21.6 Å². The summed E-state index contributed by atoms with van der Waals surface area (Å²) in [5.74, 6) is -4.18. The average Bonchev–Trinajstić information content (AvgIpc) is 3.09. The highest BCUT2D eigenvalue weighted by atomic mass is 32.2. The molecule has 1 heterocycles. The summed E-state index contributed by atoms with van der Waals surface area (Å²) in [7, 11) is -4.88. The third-order valence-corrected chi connectivity index (χ3v) is 5.18. The summed E-state index contributed by atoms with van der Waals surface area (Å²) in [6.07, 6.45) is -5.93. The van der Waals surface area contributed by atoms with E-state index in [2.05, 4.69) is 4.18 Å². The van der Waals surface area contributed by atoms with Crippen LogP contribution >= 0.6 is 0 Å². The predicted octanol–water partition coefficient (Wildman–Crippen LogP) is 2.15. The maximum atomic E-state index is 12.2. The summed E-state index contributed by atoms with van der Waals surface area (Å²) in [6, 6.07) is 8.10. The molecular formula is C17H15F3N2O7S. The minimum Gasteiger partial charge on any atom is -0.454 e. The van der Waals surface area contributed by atoms with Crippen molar-refractivity contribution in [3.05, 3.63) is 53.5 Å². The van der Waals surface area contributed by atoms with Crippen LogP contribution in [0.25, 0.3) is 0 Å². The lowest BCUT2D eigenvalue weighted by molar-refractivity contribution is -0.189. The van der Waals surface area contributed by atoms with Crippen molar-refractivity contribution in [3.63, 3.8) is 0 Å². The molecule has 0 fully saturated rings. The topological polar surface area (TPSA) is 150 Å². The smallest absolute Gasteiger partial charge is 0.454 e. The standard InChI is InChI=1S/C17H15F3N2O7S/c1-9(30(25,26)29-16(24)17(18,19)20)8-12-6-7-13(27-12)15(23)28-11-4-2-10(3-5-11)14(21)22/h2-7,9H,8H2,1H3,(H3,21,22). The number of hydrogen-bond donors (Lipinski definition) is 2. The van der Waals surface area contributed by atoms with Crippen LogP contribution < -0.4 is 10.5 Å². The van der Waals surface area contributed by atoms with Gasteiger partial charge in [0.2, 0.25) is 5.76 Å². The van der Waals surface area contributed by atoms with Crippen LogP contribution in [0.3, 0.4) is 0 Å². The SMILES string of the molecule is CC(Cc1ccc(C(=O)Oc2ccc(C(=N)N)cc2)o1)S(=O)(=O)OC(=O)C(F)(F)F. The van der Waals surface area contributed by atoms with E-state index >= 15 is 0 Å².